The highest BCUT2D eigenvalue weighted by atomic mass is 16.5. The Morgan fingerprint density at radius 1 is 1.07 bits per heavy atom. The number of aryl methyl sites for hydroxylation is 1. The molecular weight excluding hydrogens is 362 g/mol. The fourth-order valence-corrected chi connectivity index (χ4v) is 4.52. The van der Waals surface area contributed by atoms with E-state index >= 15 is 0 Å². The van der Waals surface area contributed by atoms with Gasteiger partial charge >= 0.3 is 0 Å². The number of ether oxygens (including phenoxy) is 2. The summed E-state index contributed by atoms with van der Waals surface area (Å²) in [5.41, 5.74) is 4.11. The number of hydrogen-bond acceptors (Lipinski definition) is 3. The number of aliphatic imine (C=N–C) groups is 1. The average Bonchev–Trinajstić information content (AvgIpc) is 3.18. The van der Waals surface area contributed by atoms with Gasteiger partial charge in [-0.05, 0) is 42.5 Å². The lowest BCUT2D eigenvalue weighted by atomic mass is 9.72. The molecule has 0 aliphatic carbocycles. The predicted octanol–water partition coefficient (Wildman–Crippen LogP) is 3.21. The van der Waals surface area contributed by atoms with E-state index in [1.54, 1.807) is 0 Å². The second-order valence-corrected chi connectivity index (χ2v) is 8.07. The molecule has 2 aromatic carbocycles. The first-order valence-corrected chi connectivity index (χ1v) is 10.5. The monoisotopic (exact) mass is 393 g/mol. The molecule has 154 valence electrons. The van der Waals surface area contributed by atoms with Crippen molar-refractivity contribution >= 4 is 5.96 Å². The molecule has 0 amide bonds. The van der Waals surface area contributed by atoms with E-state index in [1.165, 1.54) is 16.7 Å². The Morgan fingerprint density at radius 2 is 1.83 bits per heavy atom. The number of nitrogens with one attached hydrogen (secondary N) is 2. The molecule has 1 fully saturated rings. The molecule has 2 heterocycles. The van der Waals surface area contributed by atoms with Crippen molar-refractivity contribution in [1.29, 1.82) is 0 Å². The fourth-order valence-electron chi connectivity index (χ4n) is 4.52. The van der Waals surface area contributed by atoms with Crippen LogP contribution in [-0.4, -0.2) is 45.4 Å². The Kier molecular flexibility index (Phi) is 6.05. The van der Waals surface area contributed by atoms with Crippen LogP contribution >= 0.6 is 0 Å². The van der Waals surface area contributed by atoms with Crippen LogP contribution in [0.25, 0.3) is 0 Å². The summed E-state index contributed by atoms with van der Waals surface area (Å²) in [5.74, 6) is 1.83. The van der Waals surface area contributed by atoms with Gasteiger partial charge in [-0.15, -0.1) is 0 Å². The Morgan fingerprint density at radius 3 is 2.59 bits per heavy atom. The van der Waals surface area contributed by atoms with Gasteiger partial charge < -0.3 is 20.1 Å². The topological polar surface area (TPSA) is 54.9 Å². The van der Waals surface area contributed by atoms with Gasteiger partial charge in [0.05, 0.1) is 6.54 Å². The Hall–Kier alpha value is -2.53. The van der Waals surface area contributed by atoms with Crippen molar-refractivity contribution in [3.8, 4) is 5.75 Å². The van der Waals surface area contributed by atoms with Crippen LogP contribution in [-0.2, 0) is 16.6 Å². The van der Waals surface area contributed by atoms with Gasteiger partial charge in [0, 0.05) is 38.6 Å². The maximum absolute atomic E-state index is 6.04. The van der Waals surface area contributed by atoms with Gasteiger partial charge in [0.15, 0.2) is 5.96 Å². The van der Waals surface area contributed by atoms with Gasteiger partial charge in [-0.2, -0.15) is 0 Å². The molecule has 1 unspecified atom stereocenters. The summed E-state index contributed by atoms with van der Waals surface area (Å²) in [6.07, 6.45) is 3.11. The predicted molar refractivity (Wildman–Crippen MR) is 117 cm³/mol. The van der Waals surface area contributed by atoms with Gasteiger partial charge in [-0.3, -0.25) is 4.99 Å². The van der Waals surface area contributed by atoms with Crippen LogP contribution in [0.1, 0.15) is 29.5 Å². The van der Waals surface area contributed by atoms with Crippen molar-refractivity contribution < 1.29 is 9.47 Å². The molecule has 0 aromatic heterocycles. The molecule has 0 bridgehead atoms. The molecule has 0 saturated carbocycles. The van der Waals surface area contributed by atoms with Crippen LogP contribution in [0.5, 0.6) is 5.75 Å². The molecule has 2 aliphatic heterocycles. The zero-order valence-corrected chi connectivity index (χ0v) is 17.4. The quantitative estimate of drug-likeness (QED) is 0.605. The van der Waals surface area contributed by atoms with E-state index in [0.29, 0.717) is 0 Å². The maximum atomic E-state index is 6.04. The summed E-state index contributed by atoms with van der Waals surface area (Å²) >= 11 is 0. The van der Waals surface area contributed by atoms with Crippen LogP contribution in [0.3, 0.4) is 0 Å². The Bertz CT molecular complexity index is 834. The van der Waals surface area contributed by atoms with Gasteiger partial charge in [0.2, 0.25) is 0 Å². The average molecular weight is 394 g/mol. The molecule has 1 atom stereocenters. The molecule has 2 aliphatic rings. The Labute approximate surface area is 173 Å². The van der Waals surface area contributed by atoms with Crippen molar-refractivity contribution in [2.75, 3.05) is 33.4 Å². The van der Waals surface area contributed by atoms with Crippen molar-refractivity contribution in [3.05, 3.63) is 65.2 Å². The minimum atomic E-state index is 0.0707. The first-order chi connectivity index (χ1) is 14.2. The first kappa shape index (κ1) is 19.8. The number of guanidine groups is 1. The van der Waals surface area contributed by atoms with E-state index in [0.717, 1.165) is 57.3 Å². The summed E-state index contributed by atoms with van der Waals surface area (Å²) in [4.78, 5) is 4.44. The van der Waals surface area contributed by atoms with E-state index in [9.17, 15) is 0 Å². The molecule has 0 radical (unpaired) electrons. The minimum absolute atomic E-state index is 0.0707. The third-order valence-electron chi connectivity index (χ3n) is 6.20. The lowest BCUT2D eigenvalue weighted by Gasteiger charge is -2.39. The molecule has 1 saturated heterocycles. The lowest BCUT2D eigenvalue weighted by molar-refractivity contribution is 0.0511. The summed E-state index contributed by atoms with van der Waals surface area (Å²) in [6, 6.07) is 17.0. The molecule has 5 heteroatoms. The van der Waals surface area contributed by atoms with E-state index in [1.807, 2.05) is 19.2 Å². The Balaban J connectivity index is 1.37. The van der Waals surface area contributed by atoms with E-state index in [4.69, 9.17) is 9.47 Å². The van der Waals surface area contributed by atoms with Gasteiger partial charge in [-0.1, -0.05) is 42.5 Å². The van der Waals surface area contributed by atoms with E-state index in [2.05, 4.69) is 58.9 Å². The largest absolute Gasteiger partial charge is 0.488 e. The molecule has 2 aromatic rings. The number of para-hydroxylation sites is 1. The standard InChI is InChI=1S/C24H31N3O2/c1-18-7-3-5-9-21(18)24(11-13-28-14-12-24)17-27-23(25-2)26-16-20-15-19-8-4-6-10-22(19)29-20/h3-10,20H,11-17H2,1-2H3,(H2,25,26,27). The van der Waals surface area contributed by atoms with Crippen LogP contribution in [0, 0.1) is 6.92 Å². The van der Waals surface area contributed by atoms with Crippen LogP contribution in [0.15, 0.2) is 53.5 Å². The second-order valence-electron chi connectivity index (χ2n) is 8.07. The van der Waals surface area contributed by atoms with E-state index < -0.39 is 0 Å². The molecule has 5 nitrogen and oxygen atoms in total. The normalized spacial score (nSPS) is 20.6. The molecule has 4 rings (SSSR count). The second kappa shape index (κ2) is 8.87. The number of hydrogen-bond donors (Lipinski definition) is 2. The molecular formula is C24H31N3O2. The van der Waals surface area contributed by atoms with E-state index in [-0.39, 0.29) is 11.5 Å². The number of benzene rings is 2. The van der Waals surface area contributed by atoms with Crippen LogP contribution < -0.4 is 15.4 Å². The van der Waals surface area contributed by atoms with Gasteiger partial charge in [-0.25, -0.2) is 0 Å². The van der Waals surface area contributed by atoms with Gasteiger partial charge in [0.25, 0.3) is 0 Å². The van der Waals surface area contributed by atoms with Gasteiger partial charge in [0.1, 0.15) is 11.9 Å². The third-order valence-corrected chi connectivity index (χ3v) is 6.20. The zero-order chi connectivity index (χ0) is 20.1. The first-order valence-electron chi connectivity index (χ1n) is 10.5. The zero-order valence-electron chi connectivity index (χ0n) is 17.4. The highest BCUT2D eigenvalue weighted by Gasteiger charge is 2.35. The highest BCUT2D eigenvalue weighted by molar-refractivity contribution is 5.79. The van der Waals surface area contributed by atoms with Crippen molar-refractivity contribution in [1.82, 2.24) is 10.6 Å². The summed E-state index contributed by atoms with van der Waals surface area (Å²) in [6.45, 7) is 5.38. The molecule has 29 heavy (non-hydrogen) atoms. The van der Waals surface area contributed by atoms with Crippen LogP contribution in [0.2, 0.25) is 0 Å². The van der Waals surface area contributed by atoms with Crippen molar-refractivity contribution in [2.45, 2.75) is 37.7 Å². The van der Waals surface area contributed by atoms with Crippen LogP contribution in [0.4, 0.5) is 0 Å². The molecule has 2 N–H and O–H groups in total. The minimum Gasteiger partial charge on any atom is -0.488 e. The highest BCUT2D eigenvalue weighted by Crippen LogP contribution is 2.36. The number of nitrogens with zero attached hydrogens (tertiary/aromatic N) is 1. The summed E-state index contributed by atoms with van der Waals surface area (Å²) in [7, 11) is 1.82. The number of fused-ring (bicyclic) bond motifs is 1. The van der Waals surface area contributed by atoms with Crippen molar-refractivity contribution in [3.63, 3.8) is 0 Å². The summed E-state index contributed by atoms with van der Waals surface area (Å²) < 4.78 is 11.7. The fraction of sp³-hybridized carbons (Fsp3) is 0.458. The smallest absolute Gasteiger partial charge is 0.191 e. The summed E-state index contributed by atoms with van der Waals surface area (Å²) in [5, 5.41) is 7.03. The lowest BCUT2D eigenvalue weighted by Crippen LogP contribution is -2.49. The maximum Gasteiger partial charge on any atom is 0.191 e. The number of rotatable bonds is 5. The molecule has 0 spiro atoms. The SMILES string of the molecule is CN=C(NCC1Cc2ccccc2O1)NCC1(c2ccccc2C)CCOCC1. The third kappa shape index (κ3) is 4.40. The van der Waals surface area contributed by atoms with Crippen molar-refractivity contribution in [2.24, 2.45) is 4.99 Å².